The first-order chi connectivity index (χ1) is 21.4. The number of nitrogens with one attached hydrogen (secondary N) is 4. The minimum atomic E-state index is -0.537. The van der Waals surface area contributed by atoms with Crippen LogP contribution in [0.15, 0.2) is 60.8 Å². The van der Waals surface area contributed by atoms with Crippen LogP contribution >= 0.6 is 45.8 Å². The van der Waals surface area contributed by atoms with E-state index in [1.807, 2.05) is 73.7 Å². The maximum Gasteiger partial charge on any atom is 0.324 e. The van der Waals surface area contributed by atoms with Crippen LogP contribution < -0.4 is 30.7 Å². The van der Waals surface area contributed by atoms with Crippen molar-refractivity contribution in [3.63, 3.8) is 0 Å². The number of carbonyl (C=O) groups excluding carboxylic acids is 2. The molecule has 0 spiro atoms. The summed E-state index contributed by atoms with van der Waals surface area (Å²) < 4.78 is 18.9. The Morgan fingerprint density at radius 1 is 1.00 bits per heavy atom. The molecule has 234 valence electrons. The van der Waals surface area contributed by atoms with Crippen LogP contribution in [0.1, 0.15) is 33.4 Å². The van der Waals surface area contributed by atoms with Crippen LogP contribution in [0.4, 0.5) is 26.9 Å². The van der Waals surface area contributed by atoms with Crippen LogP contribution in [-0.2, 0) is 12.0 Å². The van der Waals surface area contributed by atoms with Crippen molar-refractivity contribution in [1.29, 1.82) is 0 Å². The van der Waals surface area contributed by atoms with E-state index in [4.69, 9.17) is 39.1 Å². The Hall–Kier alpha value is -3.75. The van der Waals surface area contributed by atoms with Gasteiger partial charge in [-0.3, -0.25) is 10.6 Å². The molecular weight excluding hydrogens is 720 g/mol. The van der Waals surface area contributed by atoms with Crippen molar-refractivity contribution in [1.82, 2.24) is 20.1 Å². The van der Waals surface area contributed by atoms with Crippen LogP contribution in [0.25, 0.3) is 5.69 Å². The van der Waals surface area contributed by atoms with E-state index in [0.717, 1.165) is 16.9 Å². The SMILES string of the molecule is CNC(=O)Nc1cc(COc2ccc(NC(=O)Nc3cc(C(C)(C)C)nn3-c3ccc(OC)cc3)c(Cl)c2Cl)ccn1.[2H]CI. The normalized spacial score (nSPS) is 11.0. The average Bonchev–Trinajstić information content (AvgIpc) is 3.44. The van der Waals surface area contributed by atoms with Gasteiger partial charge in [0.25, 0.3) is 0 Å². The molecule has 14 heteroatoms. The van der Waals surface area contributed by atoms with Gasteiger partial charge in [0.1, 0.15) is 34.8 Å². The van der Waals surface area contributed by atoms with Gasteiger partial charge in [-0.2, -0.15) is 5.10 Å². The number of methoxy groups -OCH3 is 1. The van der Waals surface area contributed by atoms with Gasteiger partial charge in [-0.05, 0) is 59.0 Å². The zero-order valence-corrected chi connectivity index (χ0v) is 28.5. The largest absolute Gasteiger partial charge is 0.497 e. The van der Waals surface area contributed by atoms with Gasteiger partial charge in [-0.15, -0.1) is 0 Å². The van der Waals surface area contributed by atoms with Crippen molar-refractivity contribution in [2.45, 2.75) is 32.8 Å². The zero-order valence-electron chi connectivity index (χ0n) is 25.8. The number of ether oxygens (including phenoxy) is 2. The molecule has 2 heterocycles. The summed E-state index contributed by atoms with van der Waals surface area (Å²) in [4.78, 5) is 29.2. The monoisotopic (exact) mass is 754 g/mol. The molecule has 2 aromatic heterocycles. The number of urea groups is 2. The Morgan fingerprint density at radius 3 is 2.34 bits per heavy atom. The predicted octanol–water partition coefficient (Wildman–Crippen LogP) is 7.91. The molecule has 4 N–H and O–H groups in total. The molecule has 0 fully saturated rings. The summed E-state index contributed by atoms with van der Waals surface area (Å²) in [5.41, 5.74) is 2.32. The number of rotatable bonds is 8. The topological polar surface area (TPSA) is 131 Å². The lowest BCUT2D eigenvalue weighted by Gasteiger charge is -2.14. The van der Waals surface area contributed by atoms with Gasteiger partial charge < -0.3 is 20.1 Å². The first-order valence-electron chi connectivity index (χ1n) is 13.8. The molecule has 0 radical (unpaired) electrons. The molecule has 44 heavy (non-hydrogen) atoms. The molecule has 0 saturated carbocycles. The Bertz CT molecular complexity index is 1620. The fourth-order valence-electron chi connectivity index (χ4n) is 3.74. The van der Waals surface area contributed by atoms with E-state index >= 15 is 0 Å². The van der Waals surface area contributed by atoms with Gasteiger partial charge in [0.2, 0.25) is 0 Å². The number of pyridine rings is 1. The summed E-state index contributed by atoms with van der Waals surface area (Å²) in [6.07, 6.45) is 1.55. The Kier molecular flexibility index (Phi) is 11.9. The van der Waals surface area contributed by atoms with Gasteiger partial charge in [0.05, 0.1) is 29.2 Å². The van der Waals surface area contributed by atoms with E-state index in [0.29, 0.717) is 33.7 Å². The molecular formula is C30H34Cl2IN7O4. The third-order valence-electron chi connectivity index (χ3n) is 6.02. The Labute approximate surface area is 281 Å². The number of carbonyl (C=O) groups is 2. The second-order valence-corrected chi connectivity index (χ2v) is 10.9. The Balaban J connectivity index is 0.00000177. The number of amides is 4. The van der Waals surface area contributed by atoms with Gasteiger partial charge in [-0.1, -0.05) is 66.6 Å². The third kappa shape index (κ3) is 9.13. The summed E-state index contributed by atoms with van der Waals surface area (Å²) in [6, 6.07) is 14.8. The molecule has 0 saturated heterocycles. The number of halogens is 3. The van der Waals surface area contributed by atoms with Crippen LogP contribution in [0.2, 0.25) is 10.0 Å². The van der Waals surface area contributed by atoms with Crippen molar-refractivity contribution in [2.24, 2.45) is 0 Å². The van der Waals surface area contributed by atoms with E-state index in [2.05, 4.69) is 26.3 Å². The lowest BCUT2D eigenvalue weighted by Crippen LogP contribution is -2.25. The number of hydrogen-bond acceptors (Lipinski definition) is 6. The van der Waals surface area contributed by atoms with Crippen LogP contribution in [-0.4, -0.2) is 45.9 Å². The number of hydrogen-bond donors (Lipinski definition) is 4. The third-order valence-corrected chi connectivity index (χ3v) is 6.88. The lowest BCUT2D eigenvalue weighted by atomic mass is 9.92. The highest BCUT2D eigenvalue weighted by Gasteiger charge is 2.22. The average molecular weight is 755 g/mol. The minimum Gasteiger partial charge on any atom is -0.497 e. The standard InChI is InChI=1S/C29H31Cl2N7O4.CH3I/c1-29(2,3)22-15-24(38(37-22)18-6-8-19(41-5)9-7-18)36-28(40)34-20-10-11-21(26(31)25(20)30)42-16-17-12-13-33-23(14-17)35-27(39)32-4;1-2/h6-15H,16H2,1-5H3,(H2,34,36,40)(H2,32,33,35,39);1H3/i;1D. The van der Waals surface area contributed by atoms with E-state index < -0.39 is 6.03 Å². The summed E-state index contributed by atoms with van der Waals surface area (Å²) >= 11 is 14.9. The predicted molar refractivity (Wildman–Crippen MR) is 185 cm³/mol. The highest BCUT2D eigenvalue weighted by atomic mass is 127. The van der Waals surface area contributed by atoms with Gasteiger partial charge >= 0.3 is 12.1 Å². The minimum absolute atomic E-state index is 0.111. The van der Waals surface area contributed by atoms with E-state index in [-0.39, 0.29) is 28.1 Å². The van der Waals surface area contributed by atoms with Crippen molar-refractivity contribution in [3.05, 3.63) is 82.1 Å². The van der Waals surface area contributed by atoms with Crippen molar-refractivity contribution < 1.29 is 20.4 Å². The molecule has 4 rings (SSSR count). The second kappa shape index (κ2) is 15.8. The van der Waals surface area contributed by atoms with Crippen molar-refractivity contribution in [3.8, 4) is 17.2 Å². The fourth-order valence-corrected chi connectivity index (χ4v) is 4.16. The van der Waals surface area contributed by atoms with E-state index in [1.165, 1.54) is 7.05 Å². The molecule has 4 amide bonds. The van der Waals surface area contributed by atoms with Crippen LogP contribution in [0.5, 0.6) is 11.5 Å². The molecule has 0 aliphatic rings. The first-order valence-corrected chi connectivity index (χ1v) is 15.4. The first kappa shape index (κ1) is 33.1. The zero-order chi connectivity index (χ0) is 33.1. The molecule has 0 unspecified atom stereocenters. The summed E-state index contributed by atoms with van der Waals surface area (Å²) in [7, 11) is 3.11. The summed E-state index contributed by atoms with van der Waals surface area (Å²) in [5.74, 6) is 1.86. The maximum atomic E-state index is 13.1. The second-order valence-electron chi connectivity index (χ2n) is 10.1. The van der Waals surface area contributed by atoms with Gasteiger partial charge in [-0.25, -0.2) is 19.3 Å². The lowest BCUT2D eigenvalue weighted by molar-refractivity contribution is 0.253. The molecule has 4 aromatic rings. The molecule has 0 aliphatic heterocycles. The quantitative estimate of drug-likeness (QED) is 0.107. The highest BCUT2D eigenvalue weighted by molar-refractivity contribution is 14.1. The number of alkyl halides is 1. The number of anilines is 3. The van der Waals surface area contributed by atoms with Crippen molar-refractivity contribution in [2.75, 3.05) is 35.0 Å². The number of aromatic nitrogens is 3. The molecule has 0 bridgehead atoms. The van der Waals surface area contributed by atoms with Gasteiger partial charge in [0, 0.05) is 26.1 Å². The molecule has 2 aromatic carbocycles. The summed E-state index contributed by atoms with van der Waals surface area (Å²) in [5, 5.41) is 15.6. The fraction of sp³-hybridized carbons (Fsp3) is 0.267. The maximum absolute atomic E-state index is 13.1. The number of nitrogens with zero attached hydrogens (tertiary/aromatic N) is 3. The van der Waals surface area contributed by atoms with E-state index in [9.17, 15) is 9.59 Å². The molecule has 0 aliphatic carbocycles. The molecule has 0 atom stereocenters. The summed E-state index contributed by atoms with van der Waals surface area (Å²) in [6.45, 7) is 6.26. The van der Waals surface area contributed by atoms with Crippen LogP contribution in [0, 0.1) is 0 Å². The smallest absolute Gasteiger partial charge is 0.324 e. The molecule has 11 nitrogen and oxygen atoms in total. The van der Waals surface area contributed by atoms with E-state index in [1.54, 1.807) is 42.3 Å². The van der Waals surface area contributed by atoms with Crippen LogP contribution in [0.3, 0.4) is 0 Å². The van der Waals surface area contributed by atoms with Gasteiger partial charge in [0.15, 0.2) is 0 Å². The van der Waals surface area contributed by atoms with Crippen molar-refractivity contribution >= 4 is 75.2 Å². The number of benzene rings is 2. The highest BCUT2D eigenvalue weighted by Crippen LogP contribution is 2.38. The Morgan fingerprint density at radius 2 is 1.70 bits per heavy atom.